The maximum absolute atomic E-state index is 14.1. The molecular formula is C26H32BrN4O9P. The van der Waals surface area contributed by atoms with Gasteiger partial charge < -0.3 is 29.9 Å². The van der Waals surface area contributed by atoms with Crippen LogP contribution in [0.3, 0.4) is 0 Å². The number of aromatic nitrogens is 2. The Labute approximate surface area is 244 Å². The number of benzene rings is 2. The van der Waals surface area contributed by atoms with Crippen molar-refractivity contribution < 1.29 is 38.1 Å². The van der Waals surface area contributed by atoms with Gasteiger partial charge in [0.05, 0.1) is 17.2 Å². The number of nitrogens with two attached hydrogens (primary N) is 1. The Morgan fingerprint density at radius 1 is 1.27 bits per heavy atom. The summed E-state index contributed by atoms with van der Waals surface area (Å²) in [5.41, 5.74) is 2.85. The molecule has 3 aromatic rings. The summed E-state index contributed by atoms with van der Waals surface area (Å²) in [4.78, 5) is 28.7. The Morgan fingerprint density at radius 2 is 1.95 bits per heavy atom. The van der Waals surface area contributed by atoms with Gasteiger partial charge in [0.1, 0.15) is 35.4 Å². The van der Waals surface area contributed by atoms with Gasteiger partial charge in [-0.15, -0.1) is 0 Å². The molecule has 0 radical (unpaired) electrons. The van der Waals surface area contributed by atoms with Gasteiger partial charge in [0.2, 0.25) is 0 Å². The molecule has 1 saturated heterocycles. The summed E-state index contributed by atoms with van der Waals surface area (Å²) in [6.07, 6.45) is -3.40. The first-order valence-corrected chi connectivity index (χ1v) is 15.1. The lowest BCUT2D eigenvalue weighted by Crippen LogP contribution is -2.46. The average molecular weight is 655 g/mol. The molecule has 1 aromatic heterocycles. The van der Waals surface area contributed by atoms with Crippen LogP contribution in [0.1, 0.15) is 33.9 Å². The van der Waals surface area contributed by atoms with Crippen LogP contribution in [0.4, 0.5) is 5.82 Å². The number of nitrogen functional groups attached to an aromatic ring is 1. The molecule has 13 nitrogen and oxygen atoms in total. The second-order valence-corrected chi connectivity index (χ2v) is 12.6. The largest absolute Gasteiger partial charge is 0.462 e. The van der Waals surface area contributed by atoms with E-state index in [2.05, 4.69) is 26.0 Å². The number of ether oxygens (including phenoxy) is 2. The number of halogens is 1. The van der Waals surface area contributed by atoms with E-state index in [1.165, 1.54) is 20.0 Å². The molecule has 15 heteroatoms. The number of aliphatic hydroxyl groups is 2. The van der Waals surface area contributed by atoms with Crippen molar-refractivity contribution in [3.8, 4) is 5.75 Å². The maximum atomic E-state index is 14.1. The average Bonchev–Trinajstić information content (AvgIpc) is 3.13. The number of aliphatic hydroxyl groups excluding tert-OH is 1. The van der Waals surface area contributed by atoms with E-state index in [0.29, 0.717) is 5.39 Å². The number of anilines is 1. The molecule has 0 bridgehead atoms. The number of fused-ring (bicyclic) bond motifs is 1. The van der Waals surface area contributed by atoms with E-state index >= 15 is 0 Å². The zero-order valence-corrected chi connectivity index (χ0v) is 25.2. The molecule has 41 heavy (non-hydrogen) atoms. The van der Waals surface area contributed by atoms with Crippen LogP contribution >= 0.6 is 23.7 Å². The molecule has 1 aliphatic rings. The van der Waals surface area contributed by atoms with E-state index in [1.807, 2.05) is 18.2 Å². The molecule has 222 valence electrons. The molecule has 0 aliphatic carbocycles. The van der Waals surface area contributed by atoms with Crippen molar-refractivity contribution >= 4 is 46.2 Å². The second-order valence-electron chi connectivity index (χ2n) is 10.1. The summed E-state index contributed by atoms with van der Waals surface area (Å²) in [5.74, 6) is -0.538. The SMILES string of the molecule is CC(C)OC(=O)[C@@H](C)N[P@@](=O)(OC[C@H]1OC(n2cc(Br)c(N)nc2=O)[C@](C)(O)[C@@H]1O)Oc1cccc2ccccc12. The van der Waals surface area contributed by atoms with E-state index in [4.69, 9.17) is 24.3 Å². The number of carbonyl (C=O) groups excluding carboxylic acids is 1. The van der Waals surface area contributed by atoms with Crippen LogP contribution < -0.4 is 21.0 Å². The van der Waals surface area contributed by atoms with Crippen molar-refractivity contribution in [1.29, 1.82) is 0 Å². The van der Waals surface area contributed by atoms with E-state index < -0.39 is 62.2 Å². The zero-order valence-electron chi connectivity index (χ0n) is 22.8. The standard InChI is InChI=1S/C26H32BrN4O9P/c1-14(2)38-23(33)15(3)30-41(36,40-19-11-7-9-16-8-5-6-10-17(16)19)37-13-20-21(32)26(4,35)24(39-20)31-12-18(27)22(28)29-25(31)34/h5-12,14-15,20-21,24,32,35H,13H2,1-4H3,(H,30,36)(H2,28,29,34)/t15-,20-,21-,24?,26-,41-/m1/s1. The fourth-order valence-corrected chi connectivity index (χ4v) is 6.12. The van der Waals surface area contributed by atoms with Crippen molar-refractivity contribution in [2.24, 2.45) is 0 Å². The number of carbonyl (C=O) groups is 1. The van der Waals surface area contributed by atoms with Gasteiger partial charge in [-0.05, 0) is 55.1 Å². The van der Waals surface area contributed by atoms with Crippen LogP contribution in [0.15, 0.2) is 57.9 Å². The topological polar surface area (TPSA) is 184 Å². The molecule has 1 fully saturated rings. The number of hydrogen-bond donors (Lipinski definition) is 4. The fraction of sp³-hybridized carbons (Fsp3) is 0.423. The lowest BCUT2D eigenvalue weighted by atomic mass is 9.96. The minimum absolute atomic E-state index is 0.0629. The molecule has 4 rings (SSSR count). The Kier molecular flexibility index (Phi) is 9.24. The predicted octanol–water partition coefficient (Wildman–Crippen LogP) is 2.88. The Balaban J connectivity index is 1.60. The van der Waals surface area contributed by atoms with Gasteiger partial charge in [0.15, 0.2) is 6.23 Å². The quantitative estimate of drug-likeness (QED) is 0.185. The van der Waals surface area contributed by atoms with Crippen molar-refractivity contribution in [2.45, 2.75) is 63.9 Å². The molecule has 2 heterocycles. The third kappa shape index (κ3) is 6.81. The van der Waals surface area contributed by atoms with Crippen LogP contribution in [0.5, 0.6) is 5.75 Å². The number of nitrogens with one attached hydrogen (secondary N) is 1. The van der Waals surface area contributed by atoms with E-state index in [1.54, 1.807) is 38.1 Å². The first kappa shape index (κ1) is 31.1. The molecule has 1 unspecified atom stereocenters. The molecule has 2 aromatic carbocycles. The van der Waals surface area contributed by atoms with Gasteiger partial charge in [-0.3, -0.25) is 13.9 Å². The highest BCUT2D eigenvalue weighted by atomic mass is 79.9. The molecule has 0 saturated carbocycles. The van der Waals surface area contributed by atoms with Gasteiger partial charge in [-0.2, -0.15) is 10.1 Å². The van der Waals surface area contributed by atoms with Crippen molar-refractivity contribution in [3.63, 3.8) is 0 Å². The van der Waals surface area contributed by atoms with E-state index in [0.717, 1.165) is 9.95 Å². The lowest BCUT2D eigenvalue weighted by molar-refractivity contribution is -0.149. The van der Waals surface area contributed by atoms with Crippen LogP contribution in [0, 0.1) is 0 Å². The Morgan fingerprint density at radius 3 is 2.66 bits per heavy atom. The summed E-state index contributed by atoms with van der Waals surface area (Å²) in [6.45, 7) is 5.50. The first-order chi connectivity index (χ1) is 19.2. The minimum Gasteiger partial charge on any atom is -0.462 e. The summed E-state index contributed by atoms with van der Waals surface area (Å²) >= 11 is 3.18. The Hall–Kier alpha value is -2.84. The van der Waals surface area contributed by atoms with E-state index in [-0.39, 0.29) is 16.0 Å². The smallest absolute Gasteiger partial charge is 0.459 e. The summed E-state index contributed by atoms with van der Waals surface area (Å²) in [7, 11) is -4.36. The van der Waals surface area contributed by atoms with Crippen molar-refractivity contribution in [3.05, 3.63) is 63.6 Å². The van der Waals surface area contributed by atoms with Crippen LogP contribution in [0.25, 0.3) is 10.8 Å². The Bertz CT molecular complexity index is 1530. The highest BCUT2D eigenvalue weighted by molar-refractivity contribution is 9.10. The molecule has 0 spiro atoms. The summed E-state index contributed by atoms with van der Waals surface area (Å²) < 4.78 is 37.9. The zero-order chi connectivity index (χ0) is 30.1. The van der Waals surface area contributed by atoms with Crippen LogP contribution in [0.2, 0.25) is 0 Å². The van der Waals surface area contributed by atoms with Crippen LogP contribution in [-0.4, -0.2) is 62.3 Å². The molecule has 5 N–H and O–H groups in total. The van der Waals surface area contributed by atoms with Gasteiger partial charge in [-0.25, -0.2) is 9.36 Å². The van der Waals surface area contributed by atoms with Gasteiger partial charge in [-0.1, -0.05) is 36.4 Å². The predicted molar refractivity (Wildman–Crippen MR) is 153 cm³/mol. The van der Waals surface area contributed by atoms with Gasteiger partial charge in [0, 0.05) is 11.6 Å². The normalized spacial score (nSPS) is 24.7. The third-order valence-corrected chi connectivity index (χ3v) is 8.62. The monoisotopic (exact) mass is 654 g/mol. The lowest BCUT2D eigenvalue weighted by Gasteiger charge is -2.27. The number of hydrogen-bond acceptors (Lipinski definition) is 11. The van der Waals surface area contributed by atoms with Crippen molar-refractivity contribution in [2.75, 3.05) is 12.3 Å². The van der Waals surface area contributed by atoms with Crippen molar-refractivity contribution in [1.82, 2.24) is 14.6 Å². The maximum Gasteiger partial charge on any atom is 0.459 e. The first-order valence-electron chi connectivity index (χ1n) is 12.7. The molecular weight excluding hydrogens is 623 g/mol. The molecule has 0 amide bonds. The van der Waals surface area contributed by atoms with E-state index in [9.17, 15) is 24.4 Å². The molecule has 1 aliphatic heterocycles. The minimum atomic E-state index is -4.36. The fourth-order valence-electron chi connectivity index (χ4n) is 4.29. The van der Waals surface area contributed by atoms with Gasteiger partial charge >= 0.3 is 19.4 Å². The molecule has 6 atom stereocenters. The summed E-state index contributed by atoms with van der Waals surface area (Å²) in [6, 6.07) is 11.3. The van der Waals surface area contributed by atoms with Gasteiger partial charge in [0.25, 0.3) is 0 Å². The highest BCUT2D eigenvalue weighted by Gasteiger charge is 2.54. The summed E-state index contributed by atoms with van der Waals surface area (Å²) in [5, 5.41) is 26.0. The number of rotatable bonds is 10. The number of nitrogens with zero attached hydrogens (tertiary/aromatic N) is 2. The second kappa shape index (κ2) is 12.2. The third-order valence-electron chi connectivity index (χ3n) is 6.38. The highest BCUT2D eigenvalue weighted by Crippen LogP contribution is 2.48. The number of esters is 1. The van der Waals surface area contributed by atoms with Crippen LogP contribution in [-0.2, 0) is 23.4 Å².